The molecule has 0 aliphatic rings. The number of hydrogen-bond donors (Lipinski definition) is 2. The molecule has 35 heavy (non-hydrogen) atoms. The number of aromatic nitrogens is 1. The van der Waals surface area contributed by atoms with Crippen molar-refractivity contribution in [2.24, 2.45) is 0 Å². The van der Waals surface area contributed by atoms with E-state index in [-0.39, 0.29) is 12.8 Å². The Morgan fingerprint density at radius 3 is 2.43 bits per heavy atom. The molecule has 0 saturated carbocycles. The second-order valence-electron chi connectivity index (χ2n) is 9.89. The van der Waals surface area contributed by atoms with Gasteiger partial charge in [-0.25, -0.2) is 4.79 Å². The molecule has 6 nitrogen and oxygen atoms in total. The number of carbonyl (C=O) groups is 1. The zero-order valence-corrected chi connectivity index (χ0v) is 20.5. The van der Waals surface area contributed by atoms with E-state index in [0.717, 1.165) is 16.7 Å². The van der Waals surface area contributed by atoms with Gasteiger partial charge in [-0.05, 0) is 55.0 Å². The highest BCUT2D eigenvalue weighted by Crippen LogP contribution is 2.35. The second-order valence-corrected chi connectivity index (χ2v) is 9.89. The Labute approximate surface area is 204 Å². The maximum absolute atomic E-state index is 13.7. The highest BCUT2D eigenvalue weighted by atomic mass is 16.5. The Morgan fingerprint density at radius 2 is 1.71 bits per heavy atom. The number of aryl methyl sites for hydroxylation is 2. The van der Waals surface area contributed by atoms with Gasteiger partial charge < -0.3 is 14.9 Å². The third-order valence-corrected chi connectivity index (χ3v) is 6.44. The topological polar surface area (TPSA) is 92.4 Å². The van der Waals surface area contributed by atoms with Gasteiger partial charge in [-0.3, -0.25) is 4.79 Å². The minimum absolute atomic E-state index is 0.161. The van der Waals surface area contributed by atoms with Gasteiger partial charge in [0.2, 0.25) is 0 Å². The van der Waals surface area contributed by atoms with Crippen molar-refractivity contribution >= 4 is 22.4 Å². The summed E-state index contributed by atoms with van der Waals surface area (Å²) in [5.41, 5.74) is 1.28. The SMILES string of the molecule is Cc1cccc(CC(O)(CC(C)(C)c2ccccc2)C(=O)Nc2ccc3c(=O)onc(C)c3c2)c1. The number of nitrogens with zero attached hydrogens (tertiary/aromatic N) is 1. The largest absolute Gasteiger partial charge is 0.380 e. The van der Waals surface area contributed by atoms with Gasteiger partial charge in [0.25, 0.3) is 5.91 Å². The van der Waals surface area contributed by atoms with Crippen LogP contribution in [0.15, 0.2) is 82.1 Å². The van der Waals surface area contributed by atoms with Crippen molar-refractivity contribution in [1.29, 1.82) is 0 Å². The molecule has 0 saturated heterocycles. The van der Waals surface area contributed by atoms with Crippen molar-refractivity contribution in [2.75, 3.05) is 5.32 Å². The van der Waals surface area contributed by atoms with Crippen LogP contribution in [0.4, 0.5) is 5.69 Å². The number of fused-ring (bicyclic) bond motifs is 1. The van der Waals surface area contributed by atoms with Gasteiger partial charge in [-0.15, -0.1) is 0 Å². The van der Waals surface area contributed by atoms with Crippen LogP contribution in [0.5, 0.6) is 0 Å². The van der Waals surface area contributed by atoms with Crippen LogP contribution < -0.4 is 10.9 Å². The summed E-state index contributed by atoms with van der Waals surface area (Å²) < 4.78 is 4.79. The molecule has 180 valence electrons. The van der Waals surface area contributed by atoms with Gasteiger partial charge in [0.05, 0.1) is 11.1 Å². The Kier molecular flexibility index (Phi) is 6.59. The molecular formula is C29H30N2O4. The lowest BCUT2D eigenvalue weighted by Crippen LogP contribution is -2.49. The number of nitrogens with one attached hydrogen (secondary N) is 1. The van der Waals surface area contributed by atoms with Gasteiger partial charge in [-0.1, -0.05) is 79.2 Å². The molecule has 1 unspecified atom stereocenters. The lowest BCUT2D eigenvalue weighted by Gasteiger charge is -2.36. The standard InChI is InChI=1S/C29H30N2O4/c1-19-9-8-10-21(15-19)17-29(34,18-28(3,4)22-11-6-5-7-12-22)27(33)30-23-13-14-24-25(16-23)20(2)31-35-26(24)32/h5-16,34H,17-18H2,1-4H3,(H,30,33). The number of anilines is 1. The molecule has 1 aromatic heterocycles. The Bertz CT molecular complexity index is 1430. The molecule has 0 aliphatic heterocycles. The molecule has 4 rings (SSSR count). The van der Waals surface area contributed by atoms with Gasteiger partial charge in [0.1, 0.15) is 5.60 Å². The number of benzene rings is 3. The first-order valence-corrected chi connectivity index (χ1v) is 11.6. The number of rotatable bonds is 7. The molecule has 0 bridgehead atoms. The summed E-state index contributed by atoms with van der Waals surface area (Å²) in [6, 6.07) is 22.6. The van der Waals surface area contributed by atoms with Crippen molar-refractivity contribution in [1.82, 2.24) is 5.16 Å². The summed E-state index contributed by atoms with van der Waals surface area (Å²) in [4.78, 5) is 25.7. The number of aliphatic hydroxyl groups is 1. The van der Waals surface area contributed by atoms with E-state index in [2.05, 4.69) is 10.5 Å². The van der Waals surface area contributed by atoms with Crippen molar-refractivity contribution < 1.29 is 14.4 Å². The van der Waals surface area contributed by atoms with Crippen LogP contribution in [0.1, 0.15) is 42.7 Å². The Hall–Kier alpha value is -3.77. The predicted molar refractivity (Wildman–Crippen MR) is 138 cm³/mol. The molecular weight excluding hydrogens is 440 g/mol. The van der Waals surface area contributed by atoms with Crippen LogP contribution >= 0.6 is 0 Å². The first-order valence-electron chi connectivity index (χ1n) is 11.6. The quantitative estimate of drug-likeness (QED) is 0.393. The predicted octanol–water partition coefficient (Wildman–Crippen LogP) is 5.09. The van der Waals surface area contributed by atoms with Crippen LogP contribution in [0.3, 0.4) is 0 Å². The van der Waals surface area contributed by atoms with Crippen LogP contribution in [0.25, 0.3) is 10.8 Å². The van der Waals surface area contributed by atoms with E-state index in [1.165, 1.54) is 0 Å². The van der Waals surface area contributed by atoms with Crippen LogP contribution in [0, 0.1) is 13.8 Å². The zero-order chi connectivity index (χ0) is 25.2. The maximum Gasteiger partial charge on any atom is 0.366 e. The van der Waals surface area contributed by atoms with E-state index in [1.807, 2.05) is 75.4 Å². The smallest absolute Gasteiger partial charge is 0.366 e. The Balaban J connectivity index is 1.69. The molecule has 6 heteroatoms. The molecule has 0 radical (unpaired) electrons. The summed E-state index contributed by atoms with van der Waals surface area (Å²) >= 11 is 0. The monoisotopic (exact) mass is 470 g/mol. The van der Waals surface area contributed by atoms with Crippen LogP contribution in [-0.4, -0.2) is 21.8 Å². The van der Waals surface area contributed by atoms with Crippen molar-refractivity contribution in [3.63, 3.8) is 0 Å². The summed E-state index contributed by atoms with van der Waals surface area (Å²) in [5.74, 6) is -0.504. The molecule has 1 amide bonds. The fourth-order valence-electron chi connectivity index (χ4n) is 4.66. The molecule has 1 atom stereocenters. The average molecular weight is 471 g/mol. The van der Waals surface area contributed by atoms with E-state index in [1.54, 1.807) is 25.1 Å². The minimum Gasteiger partial charge on any atom is -0.380 e. The van der Waals surface area contributed by atoms with Crippen molar-refractivity contribution in [2.45, 2.75) is 51.6 Å². The summed E-state index contributed by atoms with van der Waals surface area (Å²) in [5, 5.41) is 19.5. The highest BCUT2D eigenvalue weighted by Gasteiger charge is 2.42. The molecule has 4 aromatic rings. The normalized spacial score (nSPS) is 13.4. The summed E-state index contributed by atoms with van der Waals surface area (Å²) in [7, 11) is 0. The van der Waals surface area contributed by atoms with E-state index in [4.69, 9.17) is 4.52 Å². The van der Waals surface area contributed by atoms with Gasteiger partial charge >= 0.3 is 5.63 Å². The summed E-state index contributed by atoms with van der Waals surface area (Å²) in [6.07, 6.45) is 0.371. The zero-order valence-electron chi connectivity index (χ0n) is 20.5. The third-order valence-electron chi connectivity index (χ3n) is 6.44. The summed E-state index contributed by atoms with van der Waals surface area (Å²) in [6.45, 7) is 7.77. The molecule has 0 spiro atoms. The van der Waals surface area contributed by atoms with E-state index in [9.17, 15) is 14.7 Å². The fourth-order valence-corrected chi connectivity index (χ4v) is 4.66. The third kappa shape index (κ3) is 5.33. The Morgan fingerprint density at radius 1 is 0.971 bits per heavy atom. The molecule has 1 heterocycles. The minimum atomic E-state index is -1.69. The van der Waals surface area contributed by atoms with Crippen molar-refractivity contribution in [3.05, 3.63) is 106 Å². The van der Waals surface area contributed by atoms with Gasteiger partial charge in [-0.2, -0.15) is 0 Å². The average Bonchev–Trinajstić information content (AvgIpc) is 2.82. The molecule has 0 aliphatic carbocycles. The number of hydrogen-bond acceptors (Lipinski definition) is 5. The fraction of sp³-hybridized carbons (Fsp3) is 0.276. The van der Waals surface area contributed by atoms with Gasteiger partial charge in [0.15, 0.2) is 0 Å². The molecule has 3 aromatic carbocycles. The van der Waals surface area contributed by atoms with E-state index < -0.39 is 22.5 Å². The van der Waals surface area contributed by atoms with Crippen molar-refractivity contribution in [3.8, 4) is 0 Å². The number of amides is 1. The van der Waals surface area contributed by atoms with E-state index >= 15 is 0 Å². The van der Waals surface area contributed by atoms with Gasteiger partial charge in [0, 0.05) is 17.5 Å². The second kappa shape index (κ2) is 9.47. The first-order chi connectivity index (χ1) is 16.6. The van der Waals surface area contributed by atoms with Crippen LogP contribution in [-0.2, 0) is 16.6 Å². The molecule has 0 fully saturated rings. The number of carbonyl (C=O) groups excluding carboxylic acids is 1. The molecule has 2 N–H and O–H groups in total. The van der Waals surface area contributed by atoms with E-state index in [0.29, 0.717) is 22.2 Å². The lowest BCUT2D eigenvalue weighted by atomic mass is 9.73. The highest BCUT2D eigenvalue weighted by molar-refractivity contribution is 5.99. The maximum atomic E-state index is 13.7. The lowest BCUT2D eigenvalue weighted by molar-refractivity contribution is -0.136. The first kappa shape index (κ1) is 24.4. The van der Waals surface area contributed by atoms with Crippen LogP contribution in [0.2, 0.25) is 0 Å².